The van der Waals surface area contributed by atoms with E-state index in [-0.39, 0.29) is 12.1 Å². The molecule has 1 unspecified atom stereocenters. The van der Waals surface area contributed by atoms with Gasteiger partial charge >= 0.3 is 0 Å². The van der Waals surface area contributed by atoms with Gasteiger partial charge in [-0.05, 0) is 66.3 Å². The van der Waals surface area contributed by atoms with Crippen molar-refractivity contribution >= 4 is 27.9 Å². The lowest BCUT2D eigenvalue weighted by atomic mass is 9.92. The van der Waals surface area contributed by atoms with E-state index < -0.39 is 36.4 Å². The third-order valence-corrected chi connectivity index (χ3v) is 7.40. The smallest absolute Gasteiger partial charge is 0.262 e. The second-order valence-electron chi connectivity index (χ2n) is 9.73. The molecule has 0 bridgehead atoms. The van der Waals surface area contributed by atoms with E-state index >= 15 is 0 Å². The van der Waals surface area contributed by atoms with Crippen LogP contribution in [0.15, 0.2) is 42.0 Å². The first-order valence-electron chi connectivity index (χ1n) is 12.6. The van der Waals surface area contributed by atoms with Crippen molar-refractivity contribution in [3.8, 4) is 6.07 Å². The van der Waals surface area contributed by atoms with Gasteiger partial charge in [-0.1, -0.05) is 25.1 Å². The van der Waals surface area contributed by atoms with Crippen molar-refractivity contribution < 1.29 is 24.5 Å². The van der Waals surface area contributed by atoms with Crippen molar-refractivity contribution in [3.05, 3.63) is 47.5 Å². The van der Waals surface area contributed by atoms with Crippen molar-refractivity contribution in [2.45, 2.75) is 57.7 Å². The van der Waals surface area contributed by atoms with Gasteiger partial charge in [0.25, 0.3) is 5.91 Å². The van der Waals surface area contributed by atoms with Gasteiger partial charge in [0.05, 0.1) is 6.10 Å². The molecule has 192 valence electrons. The fraction of sp³-hybridized carbons (Fsp3) is 0.500. The number of allylic oxidation sites excluding steroid dienone is 1. The molecule has 5 atom stereocenters. The lowest BCUT2D eigenvalue weighted by Gasteiger charge is -2.40. The average molecular weight is 494 g/mol. The van der Waals surface area contributed by atoms with Crippen LogP contribution >= 0.6 is 0 Å². The van der Waals surface area contributed by atoms with E-state index in [4.69, 9.17) is 9.47 Å². The van der Waals surface area contributed by atoms with Gasteiger partial charge in [0.1, 0.15) is 23.9 Å². The lowest BCUT2D eigenvalue weighted by Crippen LogP contribution is -2.57. The predicted molar refractivity (Wildman–Crippen MR) is 138 cm³/mol. The molecule has 8 heteroatoms. The largest absolute Gasteiger partial charge is 0.390 e. The van der Waals surface area contributed by atoms with Crippen LogP contribution in [0.5, 0.6) is 0 Å². The summed E-state index contributed by atoms with van der Waals surface area (Å²) in [6, 6.07) is 14.4. The average Bonchev–Trinajstić information content (AvgIpc) is 2.91. The predicted octanol–water partition coefficient (Wildman–Crippen LogP) is 2.97. The topological polar surface area (TPSA) is 115 Å². The summed E-state index contributed by atoms with van der Waals surface area (Å²) < 4.78 is 10.9. The van der Waals surface area contributed by atoms with Crippen molar-refractivity contribution in [2.24, 2.45) is 5.92 Å². The third kappa shape index (κ3) is 5.40. The summed E-state index contributed by atoms with van der Waals surface area (Å²) in [5, 5.41) is 35.2. The Morgan fingerprint density at radius 3 is 2.53 bits per heavy atom. The Bertz CT molecular complexity index is 1170. The van der Waals surface area contributed by atoms with E-state index in [1.165, 1.54) is 32.1 Å². The van der Waals surface area contributed by atoms with Crippen LogP contribution in [0.3, 0.4) is 0 Å². The Hall–Kier alpha value is -2.96. The number of amides is 1. The van der Waals surface area contributed by atoms with Gasteiger partial charge < -0.3 is 29.9 Å². The molecular formula is C28H35N3O5. The molecular weight excluding hydrogens is 458 g/mol. The number of carbonyl (C=O) groups excluding carboxylic acids is 1. The summed E-state index contributed by atoms with van der Waals surface area (Å²) in [6.07, 6.45) is -0.0661. The molecule has 0 spiro atoms. The number of methoxy groups -OCH3 is 1. The van der Waals surface area contributed by atoms with E-state index in [9.17, 15) is 20.3 Å². The fourth-order valence-corrected chi connectivity index (χ4v) is 5.05. The molecule has 0 saturated carbocycles. The highest BCUT2D eigenvalue weighted by atomic mass is 16.7. The molecule has 0 radical (unpaired) electrons. The molecule has 2 fully saturated rings. The molecule has 8 nitrogen and oxygen atoms in total. The first kappa shape index (κ1) is 26.1. The van der Waals surface area contributed by atoms with Crippen molar-refractivity contribution in [2.75, 3.05) is 31.6 Å². The molecule has 1 amide bonds. The number of benzene rings is 2. The number of aliphatic hydroxyl groups is 2. The van der Waals surface area contributed by atoms with Crippen LogP contribution in [0.4, 0.5) is 5.69 Å². The number of ether oxygens (including phenoxy) is 2. The van der Waals surface area contributed by atoms with Crippen LogP contribution in [0.2, 0.25) is 0 Å². The Balaban J connectivity index is 1.49. The molecule has 0 aliphatic carbocycles. The van der Waals surface area contributed by atoms with Gasteiger partial charge in [-0.25, -0.2) is 0 Å². The molecule has 2 aromatic carbocycles. The monoisotopic (exact) mass is 493 g/mol. The summed E-state index contributed by atoms with van der Waals surface area (Å²) in [6.45, 7) is 5.56. The zero-order valence-electron chi connectivity index (χ0n) is 21.1. The van der Waals surface area contributed by atoms with E-state index in [1.807, 2.05) is 24.3 Å². The molecule has 36 heavy (non-hydrogen) atoms. The first-order valence-corrected chi connectivity index (χ1v) is 12.6. The minimum atomic E-state index is -1.18. The van der Waals surface area contributed by atoms with Gasteiger partial charge in [0.15, 0.2) is 6.29 Å². The fourth-order valence-electron chi connectivity index (χ4n) is 5.05. The third-order valence-electron chi connectivity index (χ3n) is 7.40. The zero-order valence-corrected chi connectivity index (χ0v) is 21.1. The minimum absolute atomic E-state index is 0.0122. The number of rotatable bonds is 6. The maximum atomic E-state index is 12.9. The van der Waals surface area contributed by atoms with Crippen LogP contribution in [0.1, 0.15) is 38.7 Å². The zero-order chi connectivity index (χ0) is 25.8. The van der Waals surface area contributed by atoms with Crippen LogP contribution in [-0.2, 0) is 14.3 Å². The summed E-state index contributed by atoms with van der Waals surface area (Å²) in [5.74, 6) is -0.981. The van der Waals surface area contributed by atoms with Crippen LogP contribution in [0, 0.1) is 17.2 Å². The summed E-state index contributed by atoms with van der Waals surface area (Å²) in [4.78, 5) is 15.3. The van der Waals surface area contributed by atoms with E-state index in [2.05, 4.69) is 28.4 Å². The highest BCUT2D eigenvalue weighted by molar-refractivity contribution is 6.05. The summed E-state index contributed by atoms with van der Waals surface area (Å²) in [7, 11) is 1.46. The Morgan fingerprint density at radius 1 is 1.14 bits per heavy atom. The first-order chi connectivity index (χ1) is 17.3. The van der Waals surface area contributed by atoms with Crippen LogP contribution in [0.25, 0.3) is 16.3 Å². The number of nitrogens with zero attached hydrogens (tertiary/aromatic N) is 2. The molecule has 2 aromatic rings. The second kappa shape index (κ2) is 11.4. The Labute approximate surface area is 212 Å². The maximum Gasteiger partial charge on any atom is 0.262 e. The second-order valence-corrected chi connectivity index (χ2v) is 9.73. The van der Waals surface area contributed by atoms with Crippen molar-refractivity contribution in [1.29, 1.82) is 5.26 Å². The van der Waals surface area contributed by atoms with E-state index in [1.54, 1.807) is 13.8 Å². The van der Waals surface area contributed by atoms with Gasteiger partial charge in [0.2, 0.25) is 0 Å². The Morgan fingerprint density at radius 2 is 1.83 bits per heavy atom. The number of nitriles is 1. The van der Waals surface area contributed by atoms with Crippen LogP contribution in [-0.4, -0.2) is 67.5 Å². The summed E-state index contributed by atoms with van der Waals surface area (Å²) in [5.41, 5.74) is 2.56. The molecule has 2 saturated heterocycles. The SMILES string of the molecule is CO[C@H]1OC(CNC(=O)/C(C#N)=C(\C)c2ccc3cc(N4CCCCC4)ccc3c2)[C@@H](O)[C@H](O)[C@H]1C. The number of carbonyl (C=O) groups is 1. The molecule has 2 heterocycles. The molecule has 3 N–H and O–H groups in total. The van der Waals surface area contributed by atoms with E-state index in [0.717, 1.165) is 29.4 Å². The van der Waals surface area contributed by atoms with Gasteiger partial charge in [-0.3, -0.25) is 4.79 Å². The van der Waals surface area contributed by atoms with Gasteiger partial charge in [-0.2, -0.15) is 5.26 Å². The lowest BCUT2D eigenvalue weighted by molar-refractivity contribution is -0.267. The molecule has 2 aliphatic heterocycles. The molecule has 4 rings (SSSR count). The minimum Gasteiger partial charge on any atom is -0.390 e. The number of nitrogens with one attached hydrogen (secondary N) is 1. The number of piperidine rings is 1. The number of aliphatic hydroxyl groups excluding tert-OH is 2. The standard InChI is InChI=1S/C28H35N3O5/c1-17(19-7-8-21-14-22(10-9-20(21)13-19)31-11-5-4-6-12-31)23(15-29)27(34)30-16-24-26(33)25(32)18(2)28(35-3)36-24/h7-10,13-14,18,24-26,28,32-33H,4-6,11-12,16H2,1-3H3,(H,30,34)/b23-17+/t18-,24?,25-,26-,28+/m1/s1. The number of anilines is 1. The number of fused-ring (bicyclic) bond motifs is 1. The van der Waals surface area contributed by atoms with Crippen molar-refractivity contribution in [3.63, 3.8) is 0 Å². The quantitative estimate of drug-likeness (QED) is 0.419. The highest BCUT2D eigenvalue weighted by Crippen LogP contribution is 2.29. The van der Waals surface area contributed by atoms with Gasteiger partial charge in [-0.15, -0.1) is 0 Å². The normalized spacial score (nSPS) is 27.3. The van der Waals surface area contributed by atoms with Crippen molar-refractivity contribution in [1.82, 2.24) is 5.32 Å². The summed E-state index contributed by atoms with van der Waals surface area (Å²) >= 11 is 0. The van der Waals surface area contributed by atoms with E-state index in [0.29, 0.717) is 5.57 Å². The molecule has 0 aromatic heterocycles. The molecule has 2 aliphatic rings. The highest BCUT2D eigenvalue weighted by Gasteiger charge is 2.42. The van der Waals surface area contributed by atoms with Gasteiger partial charge in [0, 0.05) is 38.3 Å². The maximum absolute atomic E-state index is 12.9. The number of hydrogen-bond acceptors (Lipinski definition) is 7. The van der Waals surface area contributed by atoms with Crippen LogP contribution < -0.4 is 10.2 Å². The Kier molecular flexibility index (Phi) is 8.27. The number of hydrogen-bond donors (Lipinski definition) is 3.